The molecular weight excluding hydrogens is 350 g/mol. The van der Waals surface area contributed by atoms with E-state index in [0.29, 0.717) is 5.56 Å². The molecule has 0 aliphatic heterocycles. The van der Waals surface area contributed by atoms with Gasteiger partial charge >= 0.3 is 12.1 Å². The Morgan fingerprint density at radius 3 is 2.50 bits per heavy atom. The lowest BCUT2D eigenvalue weighted by Gasteiger charge is -2.15. The highest BCUT2D eigenvalue weighted by Gasteiger charge is 2.22. The predicted molar refractivity (Wildman–Crippen MR) is 84.3 cm³/mol. The fraction of sp³-hybridized carbons (Fsp3) is 0.125. The number of carbonyl (C=O) groups is 2. The zero-order valence-corrected chi connectivity index (χ0v) is 13.1. The van der Waals surface area contributed by atoms with E-state index in [2.05, 4.69) is 21.2 Å². The lowest BCUT2D eigenvalue weighted by atomic mass is 10.1. The summed E-state index contributed by atoms with van der Waals surface area (Å²) in [7, 11) is 0. The van der Waals surface area contributed by atoms with Crippen LogP contribution in [-0.2, 0) is 16.1 Å². The third-order valence-electron chi connectivity index (χ3n) is 2.90. The number of ether oxygens (including phenoxy) is 1. The van der Waals surface area contributed by atoms with Crippen molar-refractivity contribution in [3.8, 4) is 0 Å². The summed E-state index contributed by atoms with van der Waals surface area (Å²) in [5.41, 5.74) is 1.28. The number of carboxylic acid groups (broad SMARTS) is 1. The normalized spacial score (nSPS) is 11.5. The van der Waals surface area contributed by atoms with Crippen LogP contribution in [0.25, 0.3) is 0 Å². The average Bonchev–Trinajstić information content (AvgIpc) is 2.51. The maximum atomic E-state index is 11.8. The van der Waals surface area contributed by atoms with Gasteiger partial charge in [-0.1, -0.05) is 58.4 Å². The molecular formula is C16H14BrNO4. The van der Waals surface area contributed by atoms with Gasteiger partial charge < -0.3 is 15.2 Å². The molecule has 0 spiro atoms. The van der Waals surface area contributed by atoms with Crippen LogP contribution in [0.2, 0.25) is 0 Å². The van der Waals surface area contributed by atoms with Crippen LogP contribution in [0.3, 0.4) is 0 Å². The summed E-state index contributed by atoms with van der Waals surface area (Å²) in [5.74, 6) is -1.16. The summed E-state index contributed by atoms with van der Waals surface area (Å²) >= 11 is 3.27. The first-order chi connectivity index (χ1) is 10.6. The van der Waals surface area contributed by atoms with E-state index in [1.807, 2.05) is 30.3 Å². The van der Waals surface area contributed by atoms with E-state index < -0.39 is 18.1 Å². The molecule has 0 aliphatic carbocycles. The molecule has 0 heterocycles. The van der Waals surface area contributed by atoms with Crippen molar-refractivity contribution >= 4 is 28.0 Å². The van der Waals surface area contributed by atoms with E-state index in [1.54, 1.807) is 24.3 Å². The maximum Gasteiger partial charge on any atom is 0.408 e. The van der Waals surface area contributed by atoms with Gasteiger partial charge in [0, 0.05) is 4.47 Å². The number of halogens is 1. The summed E-state index contributed by atoms with van der Waals surface area (Å²) < 4.78 is 5.77. The van der Waals surface area contributed by atoms with E-state index >= 15 is 0 Å². The highest BCUT2D eigenvalue weighted by Crippen LogP contribution is 2.18. The Labute approximate surface area is 136 Å². The van der Waals surface area contributed by atoms with E-state index in [0.717, 1.165) is 10.0 Å². The summed E-state index contributed by atoms with van der Waals surface area (Å²) in [6.07, 6.45) is -0.781. The third kappa shape index (κ3) is 4.60. The molecule has 0 saturated heterocycles. The smallest absolute Gasteiger partial charge is 0.408 e. The first-order valence-corrected chi connectivity index (χ1v) is 7.31. The second-order valence-electron chi connectivity index (χ2n) is 4.53. The fourth-order valence-electron chi connectivity index (χ4n) is 1.86. The molecule has 1 atom stereocenters. The first-order valence-electron chi connectivity index (χ1n) is 6.52. The van der Waals surface area contributed by atoms with Crippen molar-refractivity contribution in [3.05, 3.63) is 70.2 Å². The molecule has 0 fully saturated rings. The zero-order chi connectivity index (χ0) is 15.9. The molecule has 0 radical (unpaired) electrons. The van der Waals surface area contributed by atoms with Crippen molar-refractivity contribution < 1.29 is 19.4 Å². The lowest BCUT2D eigenvalue weighted by molar-refractivity contribution is -0.139. The number of hydrogen-bond donors (Lipinski definition) is 2. The quantitative estimate of drug-likeness (QED) is 0.852. The fourth-order valence-corrected chi connectivity index (χ4v) is 2.27. The molecule has 2 rings (SSSR count). The lowest BCUT2D eigenvalue weighted by Crippen LogP contribution is -2.34. The first kappa shape index (κ1) is 16.0. The third-order valence-corrected chi connectivity index (χ3v) is 3.40. The van der Waals surface area contributed by atoms with Gasteiger partial charge in [0.2, 0.25) is 0 Å². The second-order valence-corrected chi connectivity index (χ2v) is 5.45. The Balaban J connectivity index is 1.99. The summed E-state index contributed by atoms with van der Waals surface area (Å²) in [6, 6.07) is 14.7. The van der Waals surface area contributed by atoms with Crippen molar-refractivity contribution in [2.24, 2.45) is 0 Å². The zero-order valence-electron chi connectivity index (χ0n) is 11.5. The van der Waals surface area contributed by atoms with Crippen LogP contribution in [-0.4, -0.2) is 17.2 Å². The minimum Gasteiger partial charge on any atom is -0.479 e. The van der Waals surface area contributed by atoms with Crippen molar-refractivity contribution in [2.45, 2.75) is 12.6 Å². The Morgan fingerprint density at radius 1 is 1.14 bits per heavy atom. The molecule has 0 aromatic heterocycles. The number of carbonyl (C=O) groups excluding carboxylic acids is 1. The summed E-state index contributed by atoms with van der Waals surface area (Å²) in [5, 5.41) is 11.6. The monoisotopic (exact) mass is 363 g/mol. The van der Waals surface area contributed by atoms with Gasteiger partial charge in [0.25, 0.3) is 0 Å². The van der Waals surface area contributed by atoms with Gasteiger partial charge in [0.1, 0.15) is 6.61 Å². The van der Waals surface area contributed by atoms with E-state index in [9.17, 15) is 14.7 Å². The number of aliphatic carboxylic acids is 1. The number of alkyl carbamates (subject to hydrolysis) is 1. The Bertz CT molecular complexity index is 660. The Morgan fingerprint density at radius 2 is 1.86 bits per heavy atom. The molecule has 6 heteroatoms. The minimum absolute atomic E-state index is 0.0808. The van der Waals surface area contributed by atoms with Crippen molar-refractivity contribution in [2.75, 3.05) is 0 Å². The van der Waals surface area contributed by atoms with Crippen LogP contribution in [0.4, 0.5) is 4.79 Å². The molecule has 0 aliphatic rings. The number of carboxylic acids is 1. The van der Waals surface area contributed by atoms with Gasteiger partial charge in [-0.2, -0.15) is 0 Å². The van der Waals surface area contributed by atoms with Gasteiger partial charge in [-0.25, -0.2) is 9.59 Å². The van der Waals surface area contributed by atoms with Gasteiger partial charge in [0.15, 0.2) is 6.04 Å². The van der Waals surface area contributed by atoms with Gasteiger partial charge in [0.05, 0.1) is 0 Å². The Hall–Kier alpha value is -2.34. The van der Waals surface area contributed by atoms with Crippen molar-refractivity contribution in [3.63, 3.8) is 0 Å². The molecule has 0 saturated carbocycles. The van der Waals surface area contributed by atoms with E-state index in [1.165, 1.54) is 0 Å². The number of rotatable bonds is 5. The summed E-state index contributed by atoms with van der Waals surface area (Å²) in [6.45, 7) is 0.0808. The molecule has 2 N–H and O–H groups in total. The standard InChI is InChI=1S/C16H14BrNO4/c17-13-8-4-7-12(9-13)14(15(19)20)18-16(21)22-10-11-5-2-1-3-6-11/h1-9,14H,10H2,(H,18,21)(H,19,20)/t14-/m0/s1. The largest absolute Gasteiger partial charge is 0.479 e. The molecule has 0 unspecified atom stereocenters. The molecule has 1 amide bonds. The van der Waals surface area contributed by atoms with Crippen LogP contribution in [0.1, 0.15) is 17.2 Å². The van der Waals surface area contributed by atoms with Crippen LogP contribution in [0.5, 0.6) is 0 Å². The highest BCUT2D eigenvalue weighted by molar-refractivity contribution is 9.10. The van der Waals surface area contributed by atoms with Crippen LogP contribution >= 0.6 is 15.9 Å². The van der Waals surface area contributed by atoms with Gasteiger partial charge in [-0.05, 0) is 23.3 Å². The van der Waals surface area contributed by atoms with E-state index in [-0.39, 0.29) is 6.61 Å². The number of amides is 1. The molecule has 114 valence electrons. The maximum absolute atomic E-state index is 11.8. The average molecular weight is 364 g/mol. The van der Waals surface area contributed by atoms with Crippen LogP contribution in [0, 0.1) is 0 Å². The van der Waals surface area contributed by atoms with Gasteiger partial charge in [-0.3, -0.25) is 0 Å². The molecule has 22 heavy (non-hydrogen) atoms. The number of nitrogens with one attached hydrogen (secondary N) is 1. The number of benzene rings is 2. The van der Waals surface area contributed by atoms with Crippen molar-refractivity contribution in [1.29, 1.82) is 0 Å². The van der Waals surface area contributed by atoms with Gasteiger partial charge in [-0.15, -0.1) is 0 Å². The number of hydrogen-bond acceptors (Lipinski definition) is 3. The SMILES string of the molecule is O=C(N[C@H](C(=O)O)c1cccc(Br)c1)OCc1ccccc1. The molecule has 2 aromatic carbocycles. The topological polar surface area (TPSA) is 75.6 Å². The van der Waals surface area contributed by atoms with E-state index in [4.69, 9.17) is 4.74 Å². The predicted octanol–water partition coefficient (Wildman–Crippen LogP) is 3.50. The highest BCUT2D eigenvalue weighted by atomic mass is 79.9. The second kappa shape index (κ2) is 7.61. The summed E-state index contributed by atoms with van der Waals surface area (Å²) in [4.78, 5) is 23.1. The van der Waals surface area contributed by atoms with Crippen LogP contribution in [0.15, 0.2) is 59.1 Å². The Kier molecular flexibility index (Phi) is 5.55. The molecule has 2 aromatic rings. The minimum atomic E-state index is -1.17. The van der Waals surface area contributed by atoms with Crippen LogP contribution < -0.4 is 5.32 Å². The molecule has 5 nitrogen and oxygen atoms in total. The molecule has 0 bridgehead atoms. The van der Waals surface area contributed by atoms with Crippen molar-refractivity contribution in [1.82, 2.24) is 5.32 Å².